The van der Waals surface area contributed by atoms with E-state index in [1.807, 2.05) is 6.08 Å². The molecular weight excluding hydrogens is 406 g/mol. The largest absolute Gasteiger partial charge is 0.394 e. The van der Waals surface area contributed by atoms with E-state index in [0.717, 1.165) is 74.6 Å². The van der Waals surface area contributed by atoms with Crippen molar-refractivity contribution in [2.45, 2.75) is 95.6 Å². The number of hydrogen-bond acceptors (Lipinski definition) is 3. The van der Waals surface area contributed by atoms with Gasteiger partial charge in [-0.25, -0.2) is 0 Å². The van der Waals surface area contributed by atoms with Gasteiger partial charge in [0.1, 0.15) is 5.70 Å². The molecule has 31 heavy (non-hydrogen) atoms. The lowest BCUT2D eigenvalue weighted by Gasteiger charge is -2.28. The van der Waals surface area contributed by atoms with Crippen LogP contribution in [-0.2, 0) is 4.79 Å². The zero-order valence-electron chi connectivity index (χ0n) is 18.8. The molecule has 4 nitrogen and oxygen atoms in total. The van der Waals surface area contributed by atoms with E-state index in [9.17, 15) is 4.79 Å². The number of nitrogens with one attached hydrogen (secondary N) is 1. The van der Waals surface area contributed by atoms with E-state index in [2.05, 4.69) is 18.5 Å². The molecule has 3 N–H and O–H groups in total. The molecule has 3 aliphatic carbocycles. The Morgan fingerprint density at radius 2 is 1.74 bits per heavy atom. The molecule has 0 aromatic carbocycles. The molecule has 0 aromatic heterocycles. The molecule has 0 saturated heterocycles. The smallest absolute Gasteiger partial charge is 0.267 e. The molecule has 1 atom stereocenters. The molecule has 3 aliphatic rings. The highest BCUT2D eigenvalue weighted by molar-refractivity contribution is 6.31. The average molecular weight is 444 g/mol. The fourth-order valence-electron chi connectivity index (χ4n) is 4.89. The lowest BCUT2D eigenvalue weighted by atomic mass is 9.86. The number of rotatable bonds is 7. The molecule has 0 spiro atoms. The first-order valence-corrected chi connectivity index (χ1v) is 12.4. The minimum Gasteiger partial charge on any atom is -0.394 e. The lowest BCUT2D eigenvalue weighted by molar-refractivity contribution is -0.118. The molecular formula is C26H38ClN3O. The van der Waals surface area contributed by atoms with E-state index in [1.165, 1.54) is 25.7 Å². The van der Waals surface area contributed by atoms with Crippen molar-refractivity contribution in [2.75, 3.05) is 0 Å². The number of halogens is 1. The highest BCUT2D eigenvalue weighted by Gasteiger charge is 2.30. The monoisotopic (exact) mass is 443 g/mol. The lowest BCUT2D eigenvalue weighted by Crippen LogP contribution is -2.42. The Bertz CT molecular complexity index is 770. The predicted molar refractivity (Wildman–Crippen MR) is 131 cm³/mol. The molecule has 1 amide bonds. The average Bonchev–Trinajstić information content (AvgIpc) is 2.96. The molecule has 5 heteroatoms. The summed E-state index contributed by atoms with van der Waals surface area (Å²) in [5, 5.41) is 3.75. The van der Waals surface area contributed by atoms with E-state index in [4.69, 9.17) is 22.3 Å². The standard InChI is InChI=1S/C26H38ClN3O/c1-3-18(23(27)4-2)17-19-11-8-9-16-22(24(28)26(31)30-21-14-10-15-21)25(19)29-20-12-6-5-7-13-20/h3-4,19-21H,1-2,5-17,28H2,(H,30,31)/b23-18-,24-22-,29-25?. The summed E-state index contributed by atoms with van der Waals surface area (Å²) < 4.78 is 0. The molecule has 1 unspecified atom stereocenters. The van der Waals surface area contributed by atoms with Gasteiger partial charge in [-0.1, -0.05) is 62.6 Å². The highest BCUT2D eigenvalue weighted by Crippen LogP contribution is 2.34. The number of hydrogen-bond donors (Lipinski definition) is 2. The third kappa shape index (κ3) is 6.35. The number of allylic oxidation sites excluding steroid dienone is 5. The predicted octanol–water partition coefficient (Wildman–Crippen LogP) is 6.09. The second-order valence-corrected chi connectivity index (χ2v) is 9.64. The number of carbonyl (C=O) groups excluding carboxylic acids is 1. The van der Waals surface area contributed by atoms with Crippen LogP contribution < -0.4 is 11.1 Å². The summed E-state index contributed by atoms with van der Waals surface area (Å²) >= 11 is 6.41. The molecule has 0 radical (unpaired) electrons. The van der Waals surface area contributed by atoms with Gasteiger partial charge in [-0.3, -0.25) is 9.79 Å². The molecule has 0 heterocycles. The van der Waals surface area contributed by atoms with Gasteiger partial charge < -0.3 is 11.1 Å². The first-order chi connectivity index (χ1) is 15.0. The van der Waals surface area contributed by atoms with Gasteiger partial charge >= 0.3 is 0 Å². The SMILES string of the molecule is C=C/C(Cl)=C(\C=C)CC1CCCC/C(=C(/N)C(=O)NC2CCC2)C1=NC1CCCCC1. The molecule has 3 fully saturated rings. The summed E-state index contributed by atoms with van der Waals surface area (Å²) in [7, 11) is 0. The first-order valence-electron chi connectivity index (χ1n) is 12.0. The Hall–Kier alpha value is -1.81. The van der Waals surface area contributed by atoms with E-state index in [-0.39, 0.29) is 17.9 Å². The number of nitrogens with zero attached hydrogens (tertiary/aromatic N) is 1. The van der Waals surface area contributed by atoms with E-state index < -0.39 is 0 Å². The zero-order valence-corrected chi connectivity index (χ0v) is 19.6. The van der Waals surface area contributed by atoms with Crippen LogP contribution in [0.4, 0.5) is 0 Å². The number of nitrogens with two attached hydrogens (primary N) is 1. The van der Waals surface area contributed by atoms with Gasteiger partial charge in [0.2, 0.25) is 0 Å². The van der Waals surface area contributed by atoms with E-state index in [0.29, 0.717) is 16.8 Å². The van der Waals surface area contributed by atoms with Crippen LogP contribution >= 0.6 is 11.6 Å². The third-order valence-electron chi connectivity index (χ3n) is 7.03. The van der Waals surface area contributed by atoms with Gasteiger partial charge in [0.05, 0.1) is 6.04 Å². The van der Waals surface area contributed by atoms with Crippen LogP contribution in [-0.4, -0.2) is 23.7 Å². The number of aliphatic imine (C=N–C) groups is 1. The quantitative estimate of drug-likeness (QED) is 0.284. The van der Waals surface area contributed by atoms with Gasteiger partial charge in [-0.15, -0.1) is 0 Å². The van der Waals surface area contributed by atoms with Crippen molar-refractivity contribution in [3.63, 3.8) is 0 Å². The van der Waals surface area contributed by atoms with Gasteiger partial charge in [0.15, 0.2) is 0 Å². The summed E-state index contributed by atoms with van der Waals surface area (Å²) in [4.78, 5) is 18.2. The van der Waals surface area contributed by atoms with Crippen molar-refractivity contribution in [2.24, 2.45) is 16.6 Å². The molecule has 3 saturated carbocycles. The Balaban J connectivity index is 1.96. The van der Waals surface area contributed by atoms with Gasteiger partial charge in [-0.05, 0) is 63.4 Å². The van der Waals surface area contributed by atoms with Crippen LogP contribution in [0.25, 0.3) is 0 Å². The summed E-state index contributed by atoms with van der Waals surface area (Å²) in [5.74, 6) is 0.0662. The van der Waals surface area contributed by atoms with Crippen molar-refractivity contribution < 1.29 is 4.79 Å². The Labute approximate surface area is 192 Å². The summed E-state index contributed by atoms with van der Waals surface area (Å²) in [5.41, 5.74) is 9.86. The summed E-state index contributed by atoms with van der Waals surface area (Å²) in [6.45, 7) is 7.77. The highest BCUT2D eigenvalue weighted by atomic mass is 35.5. The van der Waals surface area contributed by atoms with Crippen LogP contribution in [0.3, 0.4) is 0 Å². The first kappa shape index (κ1) is 23.8. The summed E-state index contributed by atoms with van der Waals surface area (Å²) in [6.07, 6.45) is 17.4. The van der Waals surface area contributed by atoms with Gasteiger partial charge in [0, 0.05) is 28.3 Å². The third-order valence-corrected chi connectivity index (χ3v) is 7.43. The molecule has 0 aromatic rings. The van der Waals surface area contributed by atoms with Crippen molar-refractivity contribution in [3.05, 3.63) is 47.2 Å². The van der Waals surface area contributed by atoms with Crippen LogP contribution in [0.2, 0.25) is 0 Å². The maximum absolute atomic E-state index is 12.9. The minimum absolute atomic E-state index is 0.125. The number of amides is 1. The fourth-order valence-corrected chi connectivity index (χ4v) is 5.05. The second-order valence-electron chi connectivity index (χ2n) is 9.23. The molecule has 0 aliphatic heterocycles. The maximum atomic E-state index is 12.9. The van der Waals surface area contributed by atoms with E-state index >= 15 is 0 Å². The van der Waals surface area contributed by atoms with Crippen LogP contribution in [0.5, 0.6) is 0 Å². The van der Waals surface area contributed by atoms with E-state index in [1.54, 1.807) is 6.08 Å². The molecule has 170 valence electrons. The minimum atomic E-state index is -0.125. The Kier molecular flexibility index (Phi) is 9.01. The Morgan fingerprint density at radius 3 is 2.35 bits per heavy atom. The molecule has 0 bridgehead atoms. The van der Waals surface area contributed by atoms with Crippen LogP contribution in [0, 0.1) is 5.92 Å². The van der Waals surface area contributed by atoms with Gasteiger partial charge in [-0.2, -0.15) is 0 Å². The number of carbonyl (C=O) groups is 1. The van der Waals surface area contributed by atoms with Gasteiger partial charge in [0.25, 0.3) is 5.91 Å². The van der Waals surface area contributed by atoms with Crippen molar-refractivity contribution >= 4 is 23.2 Å². The summed E-state index contributed by atoms with van der Waals surface area (Å²) in [6, 6.07) is 0.599. The topological polar surface area (TPSA) is 67.5 Å². The fraction of sp³-hybridized carbons (Fsp3) is 0.615. The van der Waals surface area contributed by atoms with Crippen molar-refractivity contribution in [3.8, 4) is 0 Å². The van der Waals surface area contributed by atoms with Crippen LogP contribution in [0.15, 0.2) is 52.2 Å². The normalized spacial score (nSPS) is 27.0. The second kappa shape index (κ2) is 11.7. The van der Waals surface area contributed by atoms with Crippen LogP contribution in [0.1, 0.15) is 83.5 Å². The Morgan fingerprint density at radius 1 is 1.03 bits per heavy atom. The van der Waals surface area contributed by atoms with Crippen molar-refractivity contribution in [1.29, 1.82) is 0 Å². The molecule has 3 rings (SSSR count). The zero-order chi connectivity index (χ0) is 22.2. The maximum Gasteiger partial charge on any atom is 0.267 e. The van der Waals surface area contributed by atoms with Crippen molar-refractivity contribution in [1.82, 2.24) is 5.32 Å².